The van der Waals surface area contributed by atoms with Gasteiger partial charge in [-0.3, -0.25) is 14.4 Å². The van der Waals surface area contributed by atoms with E-state index >= 15 is 0 Å². The summed E-state index contributed by atoms with van der Waals surface area (Å²) in [5, 5.41) is 15.8. The minimum absolute atomic E-state index is 0.271. The Morgan fingerprint density at radius 2 is 1.97 bits per heavy atom. The van der Waals surface area contributed by atoms with Crippen LogP contribution in [0.1, 0.15) is 26.7 Å². The van der Waals surface area contributed by atoms with Crippen LogP contribution in [-0.4, -0.2) is 64.7 Å². The second kappa shape index (κ2) is 7.21. The highest BCUT2D eigenvalue weighted by Crippen LogP contribution is 2.63. The van der Waals surface area contributed by atoms with Crippen molar-refractivity contribution in [3.63, 3.8) is 0 Å². The maximum atomic E-state index is 13.5. The molecule has 6 atom stereocenters. The molecule has 9 heteroatoms. The Bertz CT molecular complexity index is 893. The molecular formula is C21H26ClN3O5. The molecule has 3 amide bonds. The standard InChI is InChI=1S/C21H26ClN3O5/c1-11(10-26)25-16(18(28)24-13-6-4-12(22)5-7-13)21-9-8-20(2,30-21)14(17(27)23-3)15(21)19(25)29/h4-7,11,14-16,26H,8-10H2,1-3H3,(H,23,27)(H,24,28)/t11-,14+,15+,16?,20-,21?/m1/s1. The number of benzene rings is 1. The lowest BCUT2D eigenvalue weighted by molar-refractivity contribution is -0.147. The van der Waals surface area contributed by atoms with Crippen LogP contribution in [0.2, 0.25) is 5.02 Å². The molecule has 0 aliphatic carbocycles. The Balaban J connectivity index is 1.75. The van der Waals surface area contributed by atoms with Crippen LogP contribution in [0.4, 0.5) is 5.69 Å². The third-order valence-corrected chi connectivity index (χ3v) is 7.09. The summed E-state index contributed by atoms with van der Waals surface area (Å²) in [6.07, 6.45) is 1.06. The summed E-state index contributed by atoms with van der Waals surface area (Å²) in [5.74, 6) is -2.47. The van der Waals surface area contributed by atoms with Crippen molar-refractivity contribution in [2.24, 2.45) is 11.8 Å². The van der Waals surface area contributed by atoms with Gasteiger partial charge in [-0.1, -0.05) is 11.6 Å². The predicted octanol–water partition coefficient (Wildman–Crippen LogP) is 1.17. The fourth-order valence-electron chi connectivity index (χ4n) is 5.53. The lowest BCUT2D eigenvalue weighted by Crippen LogP contribution is -2.55. The number of aliphatic hydroxyl groups excluding tert-OH is 1. The van der Waals surface area contributed by atoms with Crippen LogP contribution >= 0.6 is 11.6 Å². The molecule has 3 aliphatic heterocycles. The van der Waals surface area contributed by atoms with Gasteiger partial charge in [-0.2, -0.15) is 0 Å². The Morgan fingerprint density at radius 3 is 2.57 bits per heavy atom. The quantitative estimate of drug-likeness (QED) is 0.643. The predicted molar refractivity (Wildman–Crippen MR) is 110 cm³/mol. The van der Waals surface area contributed by atoms with E-state index in [4.69, 9.17) is 16.3 Å². The van der Waals surface area contributed by atoms with Gasteiger partial charge in [-0.05, 0) is 51.0 Å². The van der Waals surface area contributed by atoms with Crippen LogP contribution in [-0.2, 0) is 19.1 Å². The van der Waals surface area contributed by atoms with E-state index in [9.17, 15) is 19.5 Å². The zero-order valence-electron chi connectivity index (χ0n) is 17.1. The van der Waals surface area contributed by atoms with Gasteiger partial charge in [-0.15, -0.1) is 0 Å². The van der Waals surface area contributed by atoms with E-state index < -0.39 is 41.0 Å². The van der Waals surface area contributed by atoms with Crippen molar-refractivity contribution < 1.29 is 24.2 Å². The number of carbonyl (C=O) groups excluding carboxylic acids is 3. The smallest absolute Gasteiger partial charge is 0.250 e. The van der Waals surface area contributed by atoms with Gasteiger partial charge in [0.1, 0.15) is 11.6 Å². The van der Waals surface area contributed by atoms with Crippen molar-refractivity contribution in [1.29, 1.82) is 0 Å². The number of ether oxygens (including phenoxy) is 1. The molecule has 3 N–H and O–H groups in total. The van der Waals surface area contributed by atoms with Crippen molar-refractivity contribution >= 4 is 35.0 Å². The summed E-state index contributed by atoms with van der Waals surface area (Å²) in [6.45, 7) is 3.21. The summed E-state index contributed by atoms with van der Waals surface area (Å²) in [6, 6.07) is 5.11. The van der Waals surface area contributed by atoms with Crippen LogP contribution < -0.4 is 10.6 Å². The number of carbonyl (C=O) groups is 3. The Hall–Kier alpha value is -2.16. The first-order valence-electron chi connectivity index (χ1n) is 10.1. The number of rotatable bonds is 5. The van der Waals surface area contributed by atoms with Crippen LogP contribution in [0.25, 0.3) is 0 Å². The molecule has 0 radical (unpaired) electrons. The zero-order chi connectivity index (χ0) is 21.8. The monoisotopic (exact) mass is 435 g/mol. The van der Waals surface area contributed by atoms with Crippen molar-refractivity contribution in [3.8, 4) is 0 Å². The van der Waals surface area contributed by atoms with E-state index in [1.165, 1.54) is 11.9 Å². The number of nitrogens with zero attached hydrogens (tertiary/aromatic N) is 1. The third-order valence-electron chi connectivity index (χ3n) is 6.84. The first kappa shape index (κ1) is 21.1. The molecule has 2 unspecified atom stereocenters. The normalized spacial score (nSPS) is 35.3. The number of fused-ring (bicyclic) bond motifs is 1. The molecule has 3 aliphatic rings. The highest BCUT2D eigenvalue weighted by atomic mass is 35.5. The number of aliphatic hydroxyl groups is 1. The molecule has 3 saturated heterocycles. The molecule has 3 heterocycles. The fraction of sp³-hybridized carbons (Fsp3) is 0.571. The fourth-order valence-corrected chi connectivity index (χ4v) is 5.65. The Labute approximate surface area is 179 Å². The van der Waals surface area contributed by atoms with Gasteiger partial charge >= 0.3 is 0 Å². The van der Waals surface area contributed by atoms with Crippen LogP contribution in [0.5, 0.6) is 0 Å². The Morgan fingerprint density at radius 1 is 1.30 bits per heavy atom. The molecule has 30 heavy (non-hydrogen) atoms. The molecule has 2 bridgehead atoms. The second-order valence-electron chi connectivity index (χ2n) is 8.62. The molecule has 0 saturated carbocycles. The van der Waals surface area contributed by atoms with E-state index in [1.807, 2.05) is 6.92 Å². The summed E-state index contributed by atoms with van der Waals surface area (Å²) < 4.78 is 6.41. The van der Waals surface area contributed by atoms with E-state index in [0.29, 0.717) is 23.6 Å². The van der Waals surface area contributed by atoms with Crippen LogP contribution in [0, 0.1) is 11.8 Å². The SMILES string of the molecule is CNC(=O)[C@@H]1[C@H]2C(=O)N([C@H](C)CO)C(C(=O)Nc3ccc(Cl)cc3)C23CC[C@@]1(C)O3. The van der Waals surface area contributed by atoms with E-state index in [1.54, 1.807) is 31.2 Å². The number of anilines is 1. The second-order valence-corrected chi connectivity index (χ2v) is 9.05. The summed E-state index contributed by atoms with van der Waals surface area (Å²) >= 11 is 5.92. The van der Waals surface area contributed by atoms with Gasteiger partial charge in [0, 0.05) is 17.8 Å². The van der Waals surface area contributed by atoms with Gasteiger partial charge in [-0.25, -0.2) is 0 Å². The molecule has 0 aromatic heterocycles. The van der Waals surface area contributed by atoms with Crippen molar-refractivity contribution in [1.82, 2.24) is 10.2 Å². The summed E-state index contributed by atoms with van der Waals surface area (Å²) in [4.78, 5) is 41.1. The summed E-state index contributed by atoms with van der Waals surface area (Å²) in [7, 11) is 1.53. The number of halogens is 1. The topological polar surface area (TPSA) is 108 Å². The minimum Gasteiger partial charge on any atom is -0.394 e. The highest BCUT2D eigenvalue weighted by molar-refractivity contribution is 6.30. The van der Waals surface area contributed by atoms with Crippen molar-refractivity contribution in [2.75, 3.05) is 19.0 Å². The molecule has 1 aromatic carbocycles. The lowest BCUT2D eigenvalue weighted by Gasteiger charge is -2.35. The van der Waals surface area contributed by atoms with Gasteiger partial charge in [0.25, 0.3) is 0 Å². The summed E-state index contributed by atoms with van der Waals surface area (Å²) in [5.41, 5.74) is -1.38. The van der Waals surface area contributed by atoms with Crippen molar-refractivity contribution in [2.45, 2.75) is 50.0 Å². The Kier molecular flexibility index (Phi) is 5.07. The number of hydrogen-bond donors (Lipinski definition) is 3. The molecule has 162 valence electrons. The lowest BCUT2D eigenvalue weighted by atomic mass is 9.66. The molecule has 4 rings (SSSR count). The van der Waals surface area contributed by atoms with Gasteiger partial charge < -0.3 is 25.4 Å². The number of likely N-dealkylation sites (tertiary alicyclic amines) is 1. The van der Waals surface area contributed by atoms with Gasteiger partial charge in [0.15, 0.2) is 0 Å². The van der Waals surface area contributed by atoms with Gasteiger partial charge in [0.2, 0.25) is 17.7 Å². The van der Waals surface area contributed by atoms with Crippen molar-refractivity contribution in [3.05, 3.63) is 29.3 Å². The zero-order valence-corrected chi connectivity index (χ0v) is 17.9. The molecule has 1 aromatic rings. The van der Waals surface area contributed by atoms with E-state index in [0.717, 1.165) is 0 Å². The third kappa shape index (κ3) is 2.85. The first-order valence-corrected chi connectivity index (χ1v) is 10.5. The number of nitrogens with one attached hydrogen (secondary N) is 2. The largest absolute Gasteiger partial charge is 0.394 e. The van der Waals surface area contributed by atoms with E-state index in [-0.39, 0.29) is 18.4 Å². The molecule has 3 fully saturated rings. The van der Waals surface area contributed by atoms with Crippen LogP contribution in [0.3, 0.4) is 0 Å². The first-order chi connectivity index (χ1) is 14.2. The maximum absolute atomic E-state index is 13.5. The number of amides is 3. The average Bonchev–Trinajstić information content (AvgIpc) is 3.29. The molecular weight excluding hydrogens is 410 g/mol. The van der Waals surface area contributed by atoms with Gasteiger partial charge in [0.05, 0.1) is 30.1 Å². The highest BCUT2D eigenvalue weighted by Gasteiger charge is 2.78. The van der Waals surface area contributed by atoms with E-state index in [2.05, 4.69) is 10.6 Å². The maximum Gasteiger partial charge on any atom is 0.250 e. The molecule has 8 nitrogen and oxygen atoms in total. The molecule has 1 spiro atoms. The van der Waals surface area contributed by atoms with Crippen LogP contribution in [0.15, 0.2) is 24.3 Å². The average molecular weight is 436 g/mol. The number of hydrogen-bond acceptors (Lipinski definition) is 5. The minimum atomic E-state index is -1.11.